The number of esters is 2. The van der Waals surface area contributed by atoms with E-state index in [1.807, 2.05) is 0 Å². The van der Waals surface area contributed by atoms with Gasteiger partial charge in [-0.1, -0.05) is 27.2 Å². The molecule has 26 heavy (non-hydrogen) atoms. The fourth-order valence-electron chi connectivity index (χ4n) is 2.24. The van der Waals surface area contributed by atoms with E-state index in [0.717, 1.165) is 6.92 Å². The first-order valence-electron chi connectivity index (χ1n) is 7.91. The zero-order valence-electron chi connectivity index (χ0n) is 14.8. The molecule has 0 aliphatic rings. The molecule has 0 saturated carbocycles. The summed E-state index contributed by atoms with van der Waals surface area (Å²) in [6, 6.07) is 0. The molecule has 5 nitrogen and oxygen atoms in total. The second kappa shape index (κ2) is 8.45. The van der Waals surface area contributed by atoms with E-state index in [2.05, 4.69) is 4.74 Å². The van der Waals surface area contributed by atoms with Gasteiger partial charge < -0.3 is 14.6 Å². The van der Waals surface area contributed by atoms with Crippen LogP contribution < -0.4 is 0 Å². The molecular formula is C15H22F6O5. The van der Waals surface area contributed by atoms with Crippen molar-refractivity contribution in [3.8, 4) is 0 Å². The molecule has 0 aromatic carbocycles. The van der Waals surface area contributed by atoms with Crippen LogP contribution in [-0.2, 0) is 19.1 Å². The van der Waals surface area contributed by atoms with E-state index < -0.39 is 41.6 Å². The highest BCUT2D eigenvalue weighted by molar-refractivity contribution is 5.85. The first kappa shape index (κ1) is 24.5. The number of hydrogen-bond acceptors (Lipinski definition) is 5. The fraction of sp³-hybridized carbons (Fsp3) is 0.867. The van der Waals surface area contributed by atoms with Gasteiger partial charge in [-0.2, -0.15) is 26.3 Å². The van der Waals surface area contributed by atoms with E-state index in [9.17, 15) is 35.9 Å². The molecular weight excluding hydrogens is 374 g/mol. The molecule has 0 bridgehead atoms. The van der Waals surface area contributed by atoms with Crippen molar-refractivity contribution >= 4 is 11.9 Å². The number of hydrogen-bond donors (Lipinski definition) is 1. The smallest absolute Gasteiger partial charge is 0.437 e. The zero-order valence-corrected chi connectivity index (χ0v) is 14.8. The Bertz CT molecular complexity index is 482. The second-order valence-electron chi connectivity index (χ2n) is 5.81. The fourth-order valence-corrected chi connectivity index (χ4v) is 2.24. The van der Waals surface area contributed by atoms with Crippen molar-refractivity contribution in [2.45, 2.75) is 83.0 Å². The van der Waals surface area contributed by atoms with Crippen molar-refractivity contribution in [1.82, 2.24) is 0 Å². The van der Waals surface area contributed by atoms with Crippen LogP contribution in [0.5, 0.6) is 0 Å². The van der Waals surface area contributed by atoms with Gasteiger partial charge in [-0.05, 0) is 26.2 Å². The highest BCUT2D eigenvalue weighted by Gasteiger charge is 2.77. The molecule has 0 radical (unpaired) electrons. The van der Waals surface area contributed by atoms with Crippen molar-refractivity contribution in [3.05, 3.63) is 0 Å². The monoisotopic (exact) mass is 396 g/mol. The van der Waals surface area contributed by atoms with Gasteiger partial charge in [-0.25, -0.2) is 9.59 Å². The summed E-state index contributed by atoms with van der Waals surface area (Å²) in [5, 5.41) is 8.92. The molecule has 0 aliphatic heterocycles. The predicted octanol–water partition coefficient (Wildman–Crippen LogP) is 3.68. The normalized spacial score (nSPS) is 14.7. The number of alkyl halides is 6. The highest BCUT2D eigenvalue weighted by Crippen LogP contribution is 2.44. The summed E-state index contributed by atoms with van der Waals surface area (Å²) in [6.45, 7) is 5.93. The molecule has 11 heteroatoms. The lowest BCUT2D eigenvalue weighted by Crippen LogP contribution is -2.63. The number of carbonyl (C=O) groups excluding carboxylic acids is 2. The highest BCUT2D eigenvalue weighted by atomic mass is 19.4. The van der Waals surface area contributed by atoms with Crippen LogP contribution in [0.15, 0.2) is 0 Å². The van der Waals surface area contributed by atoms with Crippen LogP contribution in [-0.4, -0.2) is 46.7 Å². The van der Waals surface area contributed by atoms with Crippen LogP contribution >= 0.6 is 0 Å². The molecule has 0 fully saturated rings. The minimum atomic E-state index is -6.38. The molecule has 0 rings (SSSR count). The Kier molecular flexibility index (Phi) is 7.95. The molecule has 154 valence electrons. The van der Waals surface area contributed by atoms with E-state index in [1.54, 1.807) is 20.8 Å². The van der Waals surface area contributed by atoms with E-state index in [1.165, 1.54) is 0 Å². The molecule has 0 spiro atoms. The number of aliphatic hydroxyl groups is 1. The predicted molar refractivity (Wildman–Crippen MR) is 76.9 cm³/mol. The van der Waals surface area contributed by atoms with Gasteiger partial charge in [-0.3, -0.25) is 0 Å². The third-order valence-corrected chi connectivity index (χ3v) is 4.04. The van der Waals surface area contributed by atoms with E-state index in [4.69, 9.17) is 9.84 Å². The molecule has 1 N–H and O–H groups in total. The number of ether oxygens (including phenoxy) is 2. The van der Waals surface area contributed by atoms with Gasteiger partial charge in [-0.15, -0.1) is 0 Å². The van der Waals surface area contributed by atoms with Crippen LogP contribution in [0, 0.1) is 0 Å². The Morgan fingerprint density at radius 1 is 0.962 bits per heavy atom. The van der Waals surface area contributed by atoms with E-state index in [0.29, 0.717) is 25.7 Å². The summed E-state index contributed by atoms with van der Waals surface area (Å²) >= 11 is 0. The van der Waals surface area contributed by atoms with Crippen LogP contribution in [0.1, 0.15) is 53.4 Å². The lowest BCUT2D eigenvalue weighted by atomic mass is 9.91. The number of rotatable bonds is 8. The molecule has 1 unspecified atom stereocenters. The lowest BCUT2D eigenvalue weighted by molar-refractivity contribution is -0.357. The van der Waals surface area contributed by atoms with Gasteiger partial charge in [0.15, 0.2) is 6.10 Å². The maximum Gasteiger partial charge on any atom is 0.437 e. The van der Waals surface area contributed by atoms with Crippen molar-refractivity contribution in [2.24, 2.45) is 0 Å². The Morgan fingerprint density at radius 2 is 1.38 bits per heavy atom. The molecule has 0 heterocycles. The van der Waals surface area contributed by atoms with Crippen molar-refractivity contribution in [2.75, 3.05) is 0 Å². The summed E-state index contributed by atoms with van der Waals surface area (Å²) in [5.74, 6) is -4.35. The summed E-state index contributed by atoms with van der Waals surface area (Å²) in [5.41, 5.74) is -6.72. The molecule has 0 aromatic heterocycles. The zero-order chi connectivity index (χ0) is 21.0. The van der Waals surface area contributed by atoms with E-state index >= 15 is 0 Å². The summed E-state index contributed by atoms with van der Waals surface area (Å²) < 4.78 is 84.7. The lowest BCUT2D eigenvalue weighted by Gasteiger charge is -2.33. The Hall–Kier alpha value is -1.52. The Labute approximate surface area is 146 Å². The molecule has 0 amide bonds. The van der Waals surface area contributed by atoms with Gasteiger partial charge in [0.2, 0.25) is 0 Å². The number of carbonyl (C=O) groups is 2. The van der Waals surface area contributed by atoms with E-state index in [-0.39, 0.29) is 0 Å². The van der Waals surface area contributed by atoms with Crippen molar-refractivity contribution in [3.63, 3.8) is 0 Å². The summed E-state index contributed by atoms with van der Waals surface area (Å²) in [7, 11) is 0. The first-order valence-corrected chi connectivity index (χ1v) is 7.91. The van der Waals surface area contributed by atoms with Crippen molar-refractivity contribution < 1.29 is 50.5 Å². The SMILES string of the molecule is CCCC(CC)(CC)OC(=O)C(C)OC(=O)C(O)(C(F)(F)F)C(F)(F)F. The molecule has 0 aliphatic carbocycles. The van der Waals surface area contributed by atoms with Crippen LogP contribution in [0.4, 0.5) is 26.3 Å². The quantitative estimate of drug-likeness (QED) is 0.501. The topological polar surface area (TPSA) is 72.8 Å². The van der Waals surface area contributed by atoms with Gasteiger partial charge in [0, 0.05) is 0 Å². The van der Waals surface area contributed by atoms with Gasteiger partial charge >= 0.3 is 29.9 Å². The van der Waals surface area contributed by atoms with Crippen LogP contribution in [0.3, 0.4) is 0 Å². The minimum Gasteiger partial charge on any atom is -0.456 e. The van der Waals surface area contributed by atoms with Gasteiger partial charge in [0.05, 0.1) is 0 Å². The van der Waals surface area contributed by atoms with Crippen LogP contribution in [0.2, 0.25) is 0 Å². The average molecular weight is 396 g/mol. The minimum absolute atomic E-state index is 0.346. The second-order valence-corrected chi connectivity index (χ2v) is 5.81. The Morgan fingerprint density at radius 3 is 1.69 bits per heavy atom. The van der Waals surface area contributed by atoms with Crippen molar-refractivity contribution in [1.29, 1.82) is 0 Å². The van der Waals surface area contributed by atoms with Crippen LogP contribution in [0.25, 0.3) is 0 Å². The third kappa shape index (κ3) is 5.01. The average Bonchev–Trinajstić information content (AvgIpc) is 2.50. The maximum absolute atomic E-state index is 12.6. The summed E-state index contributed by atoms with van der Waals surface area (Å²) in [6.07, 6.45) is -13.1. The Balaban J connectivity index is 5.39. The molecule has 1 atom stereocenters. The third-order valence-electron chi connectivity index (χ3n) is 4.04. The summed E-state index contributed by atoms with van der Waals surface area (Å²) in [4.78, 5) is 23.4. The first-order chi connectivity index (χ1) is 11.6. The largest absolute Gasteiger partial charge is 0.456 e. The number of halogens is 6. The maximum atomic E-state index is 12.6. The molecule has 0 saturated heterocycles. The van der Waals surface area contributed by atoms with Gasteiger partial charge in [0.25, 0.3) is 0 Å². The standard InChI is InChI=1S/C15H22F6O5/c1-5-8-12(6-2,7-3)26-10(22)9(4)25-11(23)13(24,14(16,17)18)15(19,20)21/h9,24H,5-8H2,1-4H3. The molecule has 0 aromatic rings. The van der Waals surface area contributed by atoms with Gasteiger partial charge in [0.1, 0.15) is 5.60 Å².